The molecule has 4 aromatic heterocycles. The van der Waals surface area contributed by atoms with Gasteiger partial charge >= 0.3 is 0 Å². The third-order valence-corrected chi connectivity index (χ3v) is 10.2. The number of aromatic nitrogens is 3. The molecular weight excluding hydrogens is 587 g/mol. The summed E-state index contributed by atoms with van der Waals surface area (Å²) in [6.07, 6.45) is 1.39. The molecular formula is C40H23N3S2. The SMILES string of the molecule is [2H]c1c([2H])c([2H])c(-c2ccc3sc4c(-c5cccc(-n6c7c([2H])c([2H])c([2H])c([2H])c7c7c8sc9c([2H])c([2H])c([2H])c([2H])c9c8c([2H])c([2H])c76)c5)ncnc4c3c2)c([2H])c1[2H]. The van der Waals surface area contributed by atoms with Crippen LogP contribution in [0.3, 0.4) is 0 Å². The van der Waals surface area contributed by atoms with Crippen molar-refractivity contribution >= 4 is 85.0 Å². The van der Waals surface area contributed by atoms with Gasteiger partial charge in [0.05, 0.1) is 47.5 Å². The van der Waals surface area contributed by atoms with Gasteiger partial charge in [-0.3, -0.25) is 0 Å². The molecule has 0 saturated carbocycles. The Morgan fingerprint density at radius 1 is 0.556 bits per heavy atom. The molecule has 10 rings (SSSR count). The van der Waals surface area contributed by atoms with Crippen LogP contribution >= 0.6 is 22.7 Å². The molecule has 0 spiro atoms. The summed E-state index contributed by atoms with van der Waals surface area (Å²) in [5.41, 5.74) is 2.65. The van der Waals surface area contributed by atoms with E-state index in [0.29, 0.717) is 42.8 Å². The zero-order chi connectivity index (χ0) is 42.5. The molecule has 5 heteroatoms. The van der Waals surface area contributed by atoms with Crippen LogP contribution in [-0.2, 0) is 0 Å². The Hall–Kier alpha value is -5.36. The van der Waals surface area contributed by atoms with Crippen LogP contribution in [-0.4, -0.2) is 14.5 Å². The first kappa shape index (κ1) is 14.6. The van der Waals surface area contributed by atoms with Crippen molar-refractivity contribution in [1.82, 2.24) is 14.5 Å². The maximum Gasteiger partial charge on any atom is 0.116 e. The fourth-order valence-corrected chi connectivity index (χ4v) is 8.22. The van der Waals surface area contributed by atoms with Gasteiger partial charge in [0.2, 0.25) is 0 Å². The summed E-state index contributed by atoms with van der Waals surface area (Å²) in [6, 6.07) is 6.14. The summed E-state index contributed by atoms with van der Waals surface area (Å²) >= 11 is 2.38. The van der Waals surface area contributed by atoms with E-state index in [0.717, 1.165) is 16.0 Å². The van der Waals surface area contributed by atoms with Crippen molar-refractivity contribution in [2.75, 3.05) is 0 Å². The first-order valence-electron chi connectivity index (χ1n) is 21.3. The van der Waals surface area contributed by atoms with Crippen LogP contribution in [0.2, 0.25) is 0 Å². The van der Waals surface area contributed by atoms with Gasteiger partial charge in [0.25, 0.3) is 0 Å². The number of benzene rings is 6. The molecule has 0 amide bonds. The summed E-state index contributed by atoms with van der Waals surface area (Å²) in [5, 5.41) is 1.14. The van der Waals surface area contributed by atoms with E-state index < -0.39 is 42.3 Å². The lowest BCUT2D eigenvalue weighted by Gasteiger charge is -2.10. The molecule has 0 aliphatic rings. The lowest BCUT2D eigenvalue weighted by atomic mass is 10.0. The highest BCUT2D eigenvalue weighted by atomic mass is 32.1. The summed E-state index contributed by atoms with van der Waals surface area (Å²) < 4.78 is 133. The maximum atomic E-state index is 9.42. The predicted octanol–water partition coefficient (Wildman–Crippen LogP) is 11.6. The highest BCUT2D eigenvalue weighted by Crippen LogP contribution is 2.44. The van der Waals surface area contributed by atoms with Crippen molar-refractivity contribution in [3.05, 3.63) is 139 Å². The van der Waals surface area contributed by atoms with Crippen LogP contribution in [0.1, 0.15) is 20.6 Å². The van der Waals surface area contributed by atoms with E-state index in [1.54, 1.807) is 42.5 Å². The second-order valence-electron chi connectivity index (χ2n) is 10.3. The summed E-state index contributed by atoms with van der Waals surface area (Å²) in [5.74, 6) is 0. The average Bonchev–Trinajstić information content (AvgIpc) is 3.95. The molecule has 0 fully saturated rings. The summed E-state index contributed by atoms with van der Waals surface area (Å²) in [7, 11) is 0. The number of para-hydroxylation sites is 1. The Morgan fingerprint density at radius 3 is 2.31 bits per heavy atom. The van der Waals surface area contributed by atoms with Crippen LogP contribution in [0.25, 0.3) is 90.4 Å². The molecule has 6 aromatic carbocycles. The molecule has 0 aliphatic carbocycles. The zero-order valence-corrected chi connectivity index (χ0v) is 24.4. The van der Waals surface area contributed by atoms with Gasteiger partial charge in [-0.15, -0.1) is 22.7 Å². The molecule has 0 aliphatic heterocycles. The zero-order valence-electron chi connectivity index (χ0n) is 37.8. The van der Waals surface area contributed by atoms with Crippen molar-refractivity contribution in [2.24, 2.45) is 0 Å². The van der Waals surface area contributed by atoms with Gasteiger partial charge in [-0.2, -0.15) is 0 Å². The lowest BCUT2D eigenvalue weighted by molar-refractivity contribution is 1.18. The minimum atomic E-state index is -0.511. The van der Waals surface area contributed by atoms with Gasteiger partial charge in [0.15, 0.2) is 0 Å². The van der Waals surface area contributed by atoms with E-state index in [1.807, 2.05) is 0 Å². The van der Waals surface area contributed by atoms with Gasteiger partial charge in [0, 0.05) is 52.3 Å². The normalized spacial score (nSPS) is 16.7. The smallest absolute Gasteiger partial charge is 0.116 e. The number of nitrogens with zero attached hydrogens (tertiary/aromatic N) is 3. The summed E-state index contributed by atoms with van der Waals surface area (Å²) in [4.78, 5) is 9.24. The second kappa shape index (κ2) is 9.57. The lowest BCUT2D eigenvalue weighted by Crippen LogP contribution is -1.95. The van der Waals surface area contributed by atoms with E-state index >= 15 is 0 Å². The maximum absolute atomic E-state index is 9.42. The van der Waals surface area contributed by atoms with Crippen LogP contribution in [0.4, 0.5) is 0 Å². The molecule has 4 heterocycles. The number of rotatable bonds is 3. The predicted molar refractivity (Wildman–Crippen MR) is 193 cm³/mol. The number of fused-ring (bicyclic) bond motifs is 10. The third-order valence-electron chi connectivity index (χ3n) is 7.89. The second-order valence-corrected chi connectivity index (χ2v) is 12.4. The van der Waals surface area contributed by atoms with Crippen LogP contribution < -0.4 is 0 Å². The van der Waals surface area contributed by atoms with Crippen LogP contribution in [0, 0.1) is 0 Å². The average molecular weight is 625 g/mol. The van der Waals surface area contributed by atoms with Crippen molar-refractivity contribution in [1.29, 1.82) is 0 Å². The fourth-order valence-electron chi connectivity index (χ4n) is 5.96. The number of hydrogen-bond acceptors (Lipinski definition) is 4. The van der Waals surface area contributed by atoms with E-state index in [-0.39, 0.29) is 91.2 Å². The quantitative estimate of drug-likeness (QED) is 0.196. The molecule has 45 heavy (non-hydrogen) atoms. The first-order valence-corrected chi connectivity index (χ1v) is 15.4. The molecule has 0 bridgehead atoms. The van der Waals surface area contributed by atoms with E-state index in [2.05, 4.69) is 9.97 Å². The topological polar surface area (TPSA) is 30.7 Å². The van der Waals surface area contributed by atoms with Gasteiger partial charge in [-0.1, -0.05) is 90.7 Å². The fraction of sp³-hybridized carbons (Fsp3) is 0. The van der Waals surface area contributed by atoms with Gasteiger partial charge in [0.1, 0.15) is 6.33 Å². The summed E-state index contributed by atoms with van der Waals surface area (Å²) in [6.45, 7) is 0. The van der Waals surface area contributed by atoms with Crippen molar-refractivity contribution in [3.63, 3.8) is 0 Å². The molecule has 10 aromatic rings. The third kappa shape index (κ3) is 3.69. The van der Waals surface area contributed by atoms with Crippen molar-refractivity contribution < 1.29 is 20.6 Å². The Labute approximate surface area is 287 Å². The molecule has 210 valence electrons. The Balaban J connectivity index is 1.25. The van der Waals surface area contributed by atoms with Crippen molar-refractivity contribution in [2.45, 2.75) is 0 Å². The molecule has 0 atom stereocenters. The minimum absolute atomic E-state index is 0.0421. The van der Waals surface area contributed by atoms with Crippen LogP contribution in [0.5, 0.6) is 0 Å². The monoisotopic (exact) mass is 624 g/mol. The van der Waals surface area contributed by atoms with Gasteiger partial charge in [-0.25, -0.2) is 9.97 Å². The molecule has 0 unspecified atom stereocenters. The molecule has 0 saturated heterocycles. The Bertz CT molecular complexity index is 3600. The highest BCUT2D eigenvalue weighted by Gasteiger charge is 2.19. The number of thiophene rings is 2. The first-order chi connectivity index (χ1) is 28.5. The largest absolute Gasteiger partial charge is 0.309 e. The van der Waals surface area contributed by atoms with Crippen LogP contribution in [0.15, 0.2) is 139 Å². The van der Waals surface area contributed by atoms with Gasteiger partial charge < -0.3 is 4.57 Å². The van der Waals surface area contributed by atoms with E-state index in [1.165, 1.54) is 22.2 Å². The molecule has 3 nitrogen and oxygen atoms in total. The van der Waals surface area contributed by atoms with E-state index in [4.69, 9.17) is 17.8 Å². The molecule has 0 radical (unpaired) electrons. The van der Waals surface area contributed by atoms with E-state index in [9.17, 15) is 2.74 Å². The minimum Gasteiger partial charge on any atom is -0.309 e. The highest BCUT2D eigenvalue weighted by molar-refractivity contribution is 7.27. The Kier molecular flexibility index (Phi) is 3.11. The Morgan fingerprint density at radius 2 is 1.38 bits per heavy atom. The number of hydrogen-bond donors (Lipinski definition) is 0. The van der Waals surface area contributed by atoms with Crippen molar-refractivity contribution in [3.8, 4) is 28.1 Å². The van der Waals surface area contributed by atoms with Gasteiger partial charge in [-0.05, 0) is 53.5 Å². The standard InChI is InChI=1S/C40H23N3S2/c1-2-9-24(10-3-1)25-17-20-35-31(22-25)38-40(45-35)37(41-23-42-38)26-11-8-12-27(21-26)43-32-15-6-4-14-30(32)36-33(43)19-18-29-28-13-5-7-16-34(28)44-39(29)36/h1-23H/i1D,2D,3D,4D,5D,6D,7D,9D,10D,13D,14D,15D,16D,18D,19D. The molecule has 0 N–H and O–H groups in total.